The van der Waals surface area contributed by atoms with Gasteiger partial charge in [0.15, 0.2) is 0 Å². The van der Waals surface area contributed by atoms with Crippen LogP contribution in [-0.4, -0.2) is 37.1 Å². The number of likely N-dealkylation sites (tertiary alicyclic amines) is 1. The highest BCUT2D eigenvalue weighted by atomic mass is 15.2. The van der Waals surface area contributed by atoms with Crippen molar-refractivity contribution in [3.05, 3.63) is 0 Å². The van der Waals surface area contributed by atoms with Crippen molar-refractivity contribution in [2.45, 2.75) is 58.9 Å². The summed E-state index contributed by atoms with van der Waals surface area (Å²) in [6.07, 6.45) is 6.96. The lowest BCUT2D eigenvalue weighted by Gasteiger charge is -2.42. The fourth-order valence-corrected chi connectivity index (χ4v) is 3.81. The van der Waals surface area contributed by atoms with E-state index in [1.165, 1.54) is 58.3 Å². The molecule has 1 atom stereocenters. The van der Waals surface area contributed by atoms with Crippen LogP contribution in [0.2, 0.25) is 0 Å². The van der Waals surface area contributed by atoms with Gasteiger partial charge in [0.2, 0.25) is 0 Å². The lowest BCUT2D eigenvalue weighted by atomic mass is 9.76. The first-order chi connectivity index (χ1) is 8.17. The number of nitrogens with one attached hydrogen (secondary N) is 1. The van der Waals surface area contributed by atoms with Gasteiger partial charge in [-0.3, -0.25) is 4.90 Å². The molecule has 2 aliphatic rings. The minimum Gasteiger partial charge on any atom is -0.317 e. The van der Waals surface area contributed by atoms with Crippen LogP contribution < -0.4 is 5.32 Å². The van der Waals surface area contributed by atoms with Crippen molar-refractivity contribution in [1.29, 1.82) is 0 Å². The maximum atomic E-state index is 3.51. The van der Waals surface area contributed by atoms with Crippen molar-refractivity contribution < 1.29 is 0 Å². The van der Waals surface area contributed by atoms with Crippen molar-refractivity contribution >= 4 is 0 Å². The lowest BCUT2D eigenvalue weighted by molar-refractivity contribution is 0.0852. The third kappa shape index (κ3) is 3.03. The summed E-state index contributed by atoms with van der Waals surface area (Å²) in [5, 5.41) is 3.51. The minimum absolute atomic E-state index is 0.614. The van der Waals surface area contributed by atoms with Crippen molar-refractivity contribution in [2.24, 2.45) is 11.3 Å². The normalized spacial score (nSPS) is 30.0. The van der Waals surface area contributed by atoms with Gasteiger partial charge < -0.3 is 5.32 Å². The van der Waals surface area contributed by atoms with Gasteiger partial charge in [0.25, 0.3) is 0 Å². The highest BCUT2D eigenvalue weighted by molar-refractivity contribution is 4.91. The maximum Gasteiger partial charge on any atom is 0.0119 e. The summed E-state index contributed by atoms with van der Waals surface area (Å²) in [4.78, 5) is 2.81. The highest BCUT2D eigenvalue weighted by Gasteiger charge is 2.36. The zero-order chi connectivity index (χ0) is 12.3. The molecule has 100 valence electrons. The third-order valence-corrected chi connectivity index (χ3v) is 5.14. The molecule has 2 fully saturated rings. The van der Waals surface area contributed by atoms with Crippen molar-refractivity contribution in [1.82, 2.24) is 10.2 Å². The molecule has 0 aliphatic carbocycles. The smallest absolute Gasteiger partial charge is 0.0119 e. The Morgan fingerprint density at radius 1 is 1.29 bits per heavy atom. The van der Waals surface area contributed by atoms with Crippen LogP contribution in [0.5, 0.6) is 0 Å². The van der Waals surface area contributed by atoms with E-state index in [1.807, 2.05) is 0 Å². The quantitative estimate of drug-likeness (QED) is 0.810. The van der Waals surface area contributed by atoms with Gasteiger partial charge in [0.1, 0.15) is 0 Å². The van der Waals surface area contributed by atoms with Gasteiger partial charge in [-0.2, -0.15) is 0 Å². The molecule has 1 unspecified atom stereocenters. The topological polar surface area (TPSA) is 15.3 Å². The summed E-state index contributed by atoms with van der Waals surface area (Å²) < 4.78 is 0. The fraction of sp³-hybridized carbons (Fsp3) is 1.00. The fourth-order valence-electron chi connectivity index (χ4n) is 3.81. The predicted octanol–water partition coefficient (Wildman–Crippen LogP) is 2.89. The second kappa shape index (κ2) is 5.71. The van der Waals surface area contributed by atoms with E-state index < -0.39 is 0 Å². The molecule has 2 heterocycles. The molecule has 0 saturated carbocycles. The summed E-state index contributed by atoms with van der Waals surface area (Å²) in [5.41, 5.74) is 0.614. The van der Waals surface area contributed by atoms with E-state index in [4.69, 9.17) is 0 Å². The van der Waals surface area contributed by atoms with Crippen LogP contribution in [0.1, 0.15) is 52.9 Å². The lowest BCUT2D eigenvalue weighted by Crippen LogP contribution is -2.46. The molecular formula is C15H30N2. The number of hydrogen-bond acceptors (Lipinski definition) is 2. The minimum atomic E-state index is 0.614. The molecule has 0 bridgehead atoms. The van der Waals surface area contributed by atoms with Gasteiger partial charge in [-0.1, -0.05) is 20.8 Å². The number of hydrogen-bond donors (Lipinski definition) is 1. The second-order valence-corrected chi connectivity index (χ2v) is 6.53. The zero-order valence-corrected chi connectivity index (χ0v) is 12.0. The second-order valence-electron chi connectivity index (χ2n) is 6.53. The summed E-state index contributed by atoms with van der Waals surface area (Å²) in [7, 11) is 0. The molecule has 0 aromatic carbocycles. The van der Waals surface area contributed by atoms with Crippen LogP contribution in [0.15, 0.2) is 0 Å². The summed E-state index contributed by atoms with van der Waals surface area (Å²) in [5.74, 6) is 0.827. The molecule has 0 amide bonds. The molecule has 2 saturated heterocycles. The molecule has 1 N–H and O–H groups in total. The molecule has 0 aromatic heterocycles. The SMILES string of the molecule is CCC1(CN2CCCC2C(C)C)CCNCC1. The average Bonchev–Trinajstić information content (AvgIpc) is 2.78. The van der Waals surface area contributed by atoms with Crippen LogP contribution >= 0.6 is 0 Å². The third-order valence-electron chi connectivity index (χ3n) is 5.14. The van der Waals surface area contributed by atoms with Crippen LogP contribution in [0.4, 0.5) is 0 Å². The van der Waals surface area contributed by atoms with E-state index in [1.54, 1.807) is 0 Å². The van der Waals surface area contributed by atoms with Gasteiger partial charge >= 0.3 is 0 Å². The van der Waals surface area contributed by atoms with Crippen LogP contribution in [0.3, 0.4) is 0 Å². The Morgan fingerprint density at radius 3 is 2.59 bits per heavy atom. The van der Waals surface area contributed by atoms with E-state index in [2.05, 4.69) is 31.0 Å². The highest BCUT2D eigenvalue weighted by Crippen LogP contribution is 2.36. The monoisotopic (exact) mass is 238 g/mol. The van der Waals surface area contributed by atoms with E-state index in [0.717, 1.165) is 12.0 Å². The van der Waals surface area contributed by atoms with Gasteiger partial charge in [-0.05, 0) is 63.1 Å². The van der Waals surface area contributed by atoms with Gasteiger partial charge in [0.05, 0.1) is 0 Å². The van der Waals surface area contributed by atoms with E-state index in [0.29, 0.717) is 5.41 Å². The molecule has 2 aliphatic heterocycles. The Hall–Kier alpha value is -0.0800. The molecule has 0 aromatic rings. The van der Waals surface area contributed by atoms with Gasteiger partial charge in [-0.25, -0.2) is 0 Å². The first kappa shape index (κ1) is 13.4. The Kier molecular flexibility index (Phi) is 4.48. The van der Waals surface area contributed by atoms with Crippen molar-refractivity contribution in [3.8, 4) is 0 Å². The average molecular weight is 238 g/mol. The van der Waals surface area contributed by atoms with Gasteiger partial charge in [-0.15, -0.1) is 0 Å². The Bertz CT molecular complexity index is 231. The molecule has 2 rings (SSSR count). The van der Waals surface area contributed by atoms with Gasteiger partial charge in [0, 0.05) is 12.6 Å². The van der Waals surface area contributed by atoms with Crippen LogP contribution in [-0.2, 0) is 0 Å². The number of rotatable bonds is 4. The molecular weight excluding hydrogens is 208 g/mol. The van der Waals surface area contributed by atoms with E-state index >= 15 is 0 Å². The van der Waals surface area contributed by atoms with Crippen molar-refractivity contribution in [3.63, 3.8) is 0 Å². The van der Waals surface area contributed by atoms with E-state index in [9.17, 15) is 0 Å². The molecule has 2 nitrogen and oxygen atoms in total. The first-order valence-corrected chi connectivity index (χ1v) is 7.62. The van der Waals surface area contributed by atoms with Crippen LogP contribution in [0.25, 0.3) is 0 Å². The number of piperidine rings is 1. The van der Waals surface area contributed by atoms with E-state index in [-0.39, 0.29) is 0 Å². The summed E-state index contributed by atoms with van der Waals surface area (Å²) in [6.45, 7) is 12.3. The summed E-state index contributed by atoms with van der Waals surface area (Å²) in [6, 6.07) is 0.855. The van der Waals surface area contributed by atoms with Crippen molar-refractivity contribution in [2.75, 3.05) is 26.2 Å². The Labute approximate surface area is 107 Å². The maximum absolute atomic E-state index is 3.51. The Morgan fingerprint density at radius 2 is 2.00 bits per heavy atom. The number of nitrogens with zero attached hydrogens (tertiary/aromatic N) is 1. The molecule has 0 radical (unpaired) electrons. The Balaban J connectivity index is 1.97. The molecule has 17 heavy (non-hydrogen) atoms. The molecule has 2 heteroatoms. The standard InChI is InChI=1S/C15H30N2/c1-4-15(7-9-16-10-8-15)12-17-11-5-6-14(17)13(2)3/h13-14,16H,4-12H2,1-3H3. The summed E-state index contributed by atoms with van der Waals surface area (Å²) >= 11 is 0. The zero-order valence-electron chi connectivity index (χ0n) is 12.0. The largest absolute Gasteiger partial charge is 0.317 e. The first-order valence-electron chi connectivity index (χ1n) is 7.62. The predicted molar refractivity (Wildman–Crippen MR) is 74.3 cm³/mol. The molecule has 0 spiro atoms. The van der Waals surface area contributed by atoms with Crippen LogP contribution in [0, 0.1) is 11.3 Å².